The molecule has 1 rings (SSSR count). The van der Waals surface area contributed by atoms with Crippen LogP contribution in [0.15, 0.2) is 29.2 Å². The molecule has 0 spiro atoms. The van der Waals surface area contributed by atoms with Crippen LogP contribution in [0, 0.1) is 0 Å². The fraction of sp³-hybridized carbons (Fsp3) is 0.571. The van der Waals surface area contributed by atoms with E-state index in [1.807, 2.05) is 25.3 Å². The second-order valence-electron chi connectivity index (χ2n) is 4.76. The van der Waals surface area contributed by atoms with Gasteiger partial charge in [-0.25, -0.2) is 13.1 Å². The highest BCUT2D eigenvalue weighted by molar-refractivity contribution is 7.98. The molecular formula is C14H24N2O2S2. The lowest BCUT2D eigenvalue weighted by Gasteiger charge is -2.15. The molecule has 1 aromatic carbocycles. The zero-order valence-corrected chi connectivity index (χ0v) is 14.0. The van der Waals surface area contributed by atoms with E-state index in [-0.39, 0.29) is 6.04 Å². The molecule has 0 saturated carbocycles. The second-order valence-corrected chi connectivity index (χ2v) is 7.36. The molecule has 1 aromatic rings. The first-order valence-corrected chi connectivity index (χ1v) is 9.68. The summed E-state index contributed by atoms with van der Waals surface area (Å²) >= 11 is 1.63. The molecule has 1 unspecified atom stereocenters. The second kappa shape index (κ2) is 8.67. The van der Waals surface area contributed by atoms with Crippen LogP contribution < -0.4 is 10.0 Å². The molecular weight excluding hydrogens is 292 g/mol. The Morgan fingerprint density at radius 2 is 2.00 bits per heavy atom. The predicted molar refractivity (Wildman–Crippen MR) is 86.6 cm³/mol. The Balaban J connectivity index is 2.88. The zero-order valence-electron chi connectivity index (χ0n) is 12.3. The quantitative estimate of drug-likeness (QED) is 0.686. The molecule has 0 bridgehead atoms. The van der Waals surface area contributed by atoms with Crippen molar-refractivity contribution in [3.8, 4) is 0 Å². The summed E-state index contributed by atoms with van der Waals surface area (Å²) in [4.78, 5) is 0.372. The van der Waals surface area contributed by atoms with Crippen LogP contribution >= 0.6 is 11.8 Å². The fourth-order valence-corrected chi connectivity index (χ4v) is 4.10. The van der Waals surface area contributed by atoms with Crippen LogP contribution in [-0.2, 0) is 16.6 Å². The highest BCUT2D eigenvalue weighted by atomic mass is 32.2. The van der Waals surface area contributed by atoms with Crippen LogP contribution in [0.25, 0.3) is 0 Å². The van der Waals surface area contributed by atoms with Gasteiger partial charge in [-0.05, 0) is 37.8 Å². The lowest BCUT2D eigenvalue weighted by Crippen LogP contribution is -2.35. The van der Waals surface area contributed by atoms with E-state index in [1.165, 1.54) is 0 Å². The van der Waals surface area contributed by atoms with Gasteiger partial charge in [0.15, 0.2) is 0 Å². The van der Waals surface area contributed by atoms with Crippen molar-refractivity contribution in [1.82, 2.24) is 10.0 Å². The van der Waals surface area contributed by atoms with Crippen molar-refractivity contribution >= 4 is 21.8 Å². The van der Waals surface area contributed by atoms with Crippen molar-refractivity contribution in [2.75, 3.05) is 18.6 Å². The standard InChI is InChI=1S/C14H24N2O2S2/c1-4-9-15-10-13-7-5-6-8-14(13)20(17,18)16-12(2)11-19-3/h5-8,12,15-16H,4,9-11H2,1-3H3. The molecule has 0 heterocycles. The highest BCUT2D eigenvalue weighted by Gasteiger charge is 2.19. The van der Waals surface area contributed by atoms with Gasteiger partial charge in [0.25, 0.3) is 0 Å². The number of hydrogen-bond acceptors (Lipinski definition) is 4. The van der Waals surface area contributed by atoms with E-state index in [4.69, 9.17) is 0 Å². The van der Waals surface area contributed by atoms with Crippen molar-refractivity contribution < 1.29 is 8.42 Å². The number of nitrogens with one attached hydrogen (secondary N) is 2. The van der Waals surface area contributed by atoms with E-state index >= 15 is 0 Å². The molecule has 0 aliphatic carbocycles. The highest BCUT2D eigenvalue weighted by Crippen LogP contribution is 2.16. The molecule has 114 valence electrons. The molecule has 0 aliphatic rings. The minimum atomic E-state index is -3.45. The summed E-state index contributed by atoms with van der Waals surface area (Å²) in [6, 6.07) is 7.07. The molecule has 0 radical (unpaired) electrons. The van der Waals surface area contributed by atoms with E-state index < -0.39 is 10.0 Å². The summed E-state index contributed by atoms with van der Waals surface area (Å²) in [6.45, 7) is 5.42. The van der Waals surface area contributed by atoms with Gasteiger partial charge < -0.3 is 5.32 Å². The van der Waals surface area contributed by atoms with Gasteiger partial charge in [-0.15, -0.1) is 0 Å². The van der Waals surface area contributed by atoms with Crippen molar-refractivity contribution in [3.63, 3.8) is 0 Å². The van der Waals surface area contributed by atoms with Crippen LogP contribution in [0.1, 0.15) is 25.8 Å². The van der Waals surface area contributed by atoms with E-state index in [9.17, 15) is 8.42 Å². The molecule has 0 fully saturated rings. The van der Waals surface area contributed by atoms with Gasteiger partial charge in [0.1, 0.15) is 0 Å². The van der Waals surface area contributed by atoms with Crippen LogP contribution in [0.3, 0.4) is 0 Å². The Kier molecular flexibility index (Phi) is 7.58. The van der Waals surface area contributed by atoms with E-state index in [2.05, 4.69) is 17.0 Å². The average Bonchev–Trinajstić information content (AvgIpc) is 2.39. The third kappa shape index (κ3) is 5.44. The average molecular weight is 316 g/mol. The number of sulfonamides is 1. The number of thioether (sulfide) groups is 1. The Labute approximate surface area is 126 Å². The Bertz CT molecular complexity index is 504. The molecule has 4 nitrogen and oxygen atoms in total. The lowest BCUT2D eigenvalue weighted by atomic mass is 10.2. The molecule has 0 aliphatic heterocycles. The van der Waals surface area contributed by atoms with Gasteiger partial charge in [-0.1, -0.05) is 25.1 Å². The van der Waals surface area contributed by atoms with Crippen LogP contribution in [0.2, 0.25) is 0 Å². The number of benzene rings is 1. The maximum Gasteiger partial charge on any atom is 0.241 e. The molecule has 1 atom stereocenters. The largest absolute Gasteiger partial charge is 0.313 e. The minimum Gasteiger partial charge on any atom is -0.313 e. The third-order valence-corrected chi connectivity index (χ3v) is 5.30. The first-order chi connectivity index (χ1) is 9.51. The summed E-state index contributed by atoms with van der Waals surface area (Å²) in [7, 11) is -3.45. The van der Waals surface area contributed by atoms with Gasteiger partial charge in [0.05, 0.1) is 4.90 Å². The Morgan fingerprint density at radius 3 is 2.65 bits per heavy atom. The monoisotopic (exact) mass is 316 g/mol. The molecule has 0 aromatic heterocycles. The zero-order chi connectivity index (χ0) is 15.0. The van der Waals surface area contributed by atoms with Gasteiger partial charge in [-0.3, -0.25) is 0 Å². The first-order valence-electron chi connectivity index (χ1n) is 6.81. The van der Waals surface area contributed by atoms with Gasteiger partial charge in [0, 0.05) is 18.3 Å². The van der Waals surface area contributed by atoms with Crippen LogP contribution in [0.4, 0.5) is 0 Å². The summed E-state index contributed by atoms with van der Waals surface area (Å²) in [6.07, 6.45) is 2.99. The molecule has 6 heteroatoms. The fourth-order valence-electron chi connectivity index (χ4n) is 1.92. The maximum absolute atomic E-state index is 12.4. The van der Waals surface area contributed by atoms with Crippen molar-refractivity contribution in [2.24, 2.45) is 0 Å². The number of rotatable bonds is 9. The molecule has 20 heavy (non-hydrogen) atoms. The van der Waals surface area contributed by atoms with E-state index in [0.717, 1.165) is 24.3 Å². The predicted octanol–water partition coefficient (Wildman–Crippen LogP) is 2.22. The van der Waals surface area contributed by atoms with Gasteiger partial charge in [0.2, 0.25) is 10.0 Å². The Hall–Kier alpha value is -0.560. The van der Waals surface area contributed by atoms with Crippen LogP contribution in [-0.4, -0.2) is 33.0 Å². The van der Waals surface area contributed by atoms with Gasteiger partial charge in [-0.2, -0.15) is 11.8 Å². The molecule has 0 amide bonds. The van der Waals surface area contributed by atoms with Crippen molar-refractivity contribution in [1.29, 1.82) is 0 Å². The van der Waals surface area contributed by atoms with E-state index in [0.29, 0.717) is 11.4 Å². The summed E-state index contributed by atoms with van der Waals surface area (Å²) in [5, 5.41) is 3.25. The molecule has 2 N–H and O–H groups in total. The number of hydrogen-bond donors (Lipinski definition) is 2. The van der Waals surface area contributed by atoms with E-state index in [1.54, 1.807) is 23.9 Å². The SMILES string of the molecule is CCCNCc1ccccc1S(=O)(=O)NC(C)CSC. The summed E-state index contributed by atoms with van der Waals surface area (Å²) in [5.74, 6) is 0.759. The maximum atomic E-state index is 12.4. The van der Waals surface area contributed by atoms with Crippen molar-refractivity contribution in [3.05, 3.63) is 29.8 Å². The summed E-state index contributed by atoms with van der Waals surface area (Å²) < 4.78 is 27.6. The first kappa shape index (κ1) is 17.5. The lowest BCUT2D eigenvalue weighted by molar-refractivity contribution is 0.568. The normalized spacial score (nSPS) is 13.3. The van der Waals surface area contributed by atoms with Crippen molar-refractivity contribution in [2.45, 2.75) is 37.8 Å². The summed E-state index contributed by atoms with van der Waals surface area (Å²) in [5.41, 5.74) is 0.810. The van der Waals surface area contributed by atoms with Crippen LogP contribution in [0.5, 0.6) is 0 Å². The third-order valence-electron chi connectivity index (χ3n) is 2.78. The minimum absolute atomic E-state index is 0.0772. The topological polar surface area (TPSA) is 58.2 Å². The molecule has 0 saturated heterocycles. The Morgan fingerprint density at radius 1 is 1.30 bits per heavy atom. The smallest absolute Gasteiger partial charge is 0.241 e. The van der Waals surface area contributed by atoms with Gasteiger partial charge >= 0.3 is 0 Å².